The van der Waals surface area contributed by atoms with E-state index in [1.54, 1.807) is 6.07 Å². The van der Waals surface area contributed by atoms with Crippen LogP contribution in [0.2, 0.25) is 5.02 Å². The molecule has 2 N–H and O–H groups in total. The highest BCUT2D eigenvalue weighted by Crippen LogP contribution is 2.27. The van der Waals surface area contributed by atoms with E-state index in [4.69, 9.17) is 16.3 Å². The van der Waals surface area contributed by atoms with Gasteiger partial charge in [0.25, 0.3) is 0 Å². The highest BCUT2D eigenvalue weighted by molar-refractivity contribution is 6.32. The maximum Gasteiger partial charge on any atom is 0.138 e. The van der Waals surface area contributed by atoms with Crippen LogP contribution < -0.4 is 10.1 Å². The number of benzene rings is 1. The van der Waals surface area contributed by atoms with Gasteiger partial charge in [0.2, 0.25) is 0 Å². The van der Waals surface area contributed by atoms with Gasteiger partial charge in [0, 0.05) is 12.6 Å². The summed E-state index contributed by atoms with van der Waals surface area (Å²) in [7, 11) is 0. The largest absolute Gasteiger partial charge is 0.489 e. The standard InChI is InChI=1S/C17H26ClNO2/c1-2-13-7-3-5-9-16(13)19-11-14(20)12-21-17-10-6-4-8-15(17)18/h4,6,8,10,13-14,16,19-20H,2-3,5,7,9,11-12H2,1H3. The summed E-state index contributed by atoms with van der Waals surface area (Å²) in [5.74, 6) is 1.37. The summed E-state index contributed by atoms with van der Waals surface area (Å²) in [5, 5.41) is 14.2. The summed E-state index contributed by atoms with van der Waals surface area (Å²) in [4.78, 5) is 0. The number of hydrogen-bond donors (Lipinski definition) is 2. The van der Waals surface area contributed by atoms with Gasteiger partial charge in [0.05, 0.1) is 5.02 Å². The molecule has 118 valence electrons. The molecular weight excluding hydrogens is 286 g/mol. The molecule has 0 bridgehead atoms. The third-order valence-corrected chi connectivity index (χ3v) is 4.63. The van der Waals surface area contributed by atoms with Gasteiger partial charge in [-0.2, -0.15) is 0 Å². The molecule has 3 nitrogen and oxygen atoms in total. The number of ether oxygens (including phenoxy) is 1. The van der Waals surface area contributed by atoms with Gasteiger partial charge in [-0.05, 0) is 30.9 Å². The number of hydrogen-bond acceptors (Lipinski definition) is 3. The Balaban J connectivity index is 1.72. The van der Waals surface area contributed by atoms with Crippen molar-refractivity contribution in [3.05, 3.63) is 29.3 Å². The minimum Gasteiger partial charge on any atom is -0.489 e. The van der Waals surface area contributed by atoms with Gasteiger partial charge >= 0.3 is 0 Å². The minimum atomic E-state index is -0.513. The molecule has 0 spiro atoms. The highest BCUT2D eigenvalue weighted by atomic mass is 35.5. The van der Waals surface area contributed by atoms with E-state index in [0.717, 1.165) is 5.92 Å². The molecule has 1 aliphatic carbocycles. The van der Waals surface area contributed by atoms with Gasteiger partial charge in [-0.3, -0.25) is 0 Å². The molecule has 0 amide bonds. The van der Waals surface area contributed by atoms with Crippen LogP contribution in [0.5, 0.6) is 5.75 Å². The number of para-hydroxylation sites is 1. The van der Waals surface area contributed by atoms with Gasteiger partial charge in [-0.1, -0.05) is 49.9 Å². The quantitative estimate of drug-likeness (QED) is 0.808. The Hall–Kier alpha value is -0.770. The minimum absolute atomic E-state index is 0.264. The lowest BCUT2D eigenvalue weighted by Gasteiger charge is -2.32. The van der Waals surface area contributed by atoms with E-state index in [2.05, 4.69) is 12.2 Å². The van der Waals surface area contributed by atoms with E-state index in [9.17, 15) is 5.11 Å². The van der Waals surface area contributed by atoms with E-state index in [0.29, 0.717) is 23.4 Å². The molecular formula is C17H26ClNO2. The van der Waals surface area contributed by atoms with E-state index in [1.807, 2.05) is 18.2 Å². The third kappa shape index (κ3) is 5.17. The molecule has 3 atom stereocenters. The van der Waals surface area contributed by atoms with Crippen molar-refractivity contribution in [3.63, 3.8) is 0 Å². The van der Waals surface area contributed by atoms with Crippen molar-refractivity contribution in [2.45, 2.75) is 51.2 Å². The van der Waals surface area contributed by atoms with Crippen LogP contribution in [0.3, 0.4) is 0 Å². The Kier molecular flexibility index (Phi) is 6.81. The first kappa shape index (κ1) is 16.6. The first-order chi connectivity index (χ1) is 10.2. The fourth-order valence-corrected chi connectivity index (χ4v) is 3.25. The predicted octanol–water partition coefficient (Wildman–Crippen LogP) is 3.64. The summed E-state index contributed by atoms with van der Waals surface area (Å²) in [5.41, 5.74) is 0. The van der Waals surface area contributed by atoms with Crippen molar-refractivity contribution >= 4 is 11.6 Å². The first-order valence-electron chi connectivity index (χ1n) is 7.99. The van der Waals surface area contributed by atoms with Crippen LogP contribution in [-0.4, -0.2) is 30.4 Å². The number of nitrogens with one attached hydrogen (secondary N) is 1. The molecule has 1 aromatic carbocycles. The maximum absolute atomic E-state index is 10.1. The smallest absolute Gasteiger partial charge is 0.138 e. The Bertz CT molecular complexity index is 427. The van der Waals surface area contributed by atoms with E-state index in [-0.39, 0.29) is 6.61 Å². The molecule has 2 rings (SSSR count). The molecule has 0 radical (unpaired) electrons. The number of halogens is 1. The monoisotopic (exact) mass is 311 g/mol. The van der Waals surface area contributed by atoms with Crippen molar-refractivity contribution in [1.82, 2.24) is 5.32 Å². The van der Waals surface area contributed by atoms with Gasteiger partial charge < -0.3 is 15.2 Å². The normalized spacial score (nSPS) is 23.8. The fraction of sp³-hybridized carbons (Fsp3) is 0.647. The van der Waals surface area contributed by atoms with Crippen LogP contribution in [0.25, 0.3) is 0 Å². The SMILES string of the molecule is CCC1CCCCC1NCC(O)COc1ccccc1Cl. The topological polar surface area (TPSA) is 41.5 Å². The van der Waals surface area contributed by atoms with Crippen LogP contribution >= 0.6 is 11.6 Å². The van der Waals surface area contributed by atoms with Crippen molar-refractivity contribution in [2.24, 2.45) is 5.92 Å². The van der Waals surface area contributed by atoms with Crippen LogP contribution in [0.15, 0.2) is 24.3 Å². The zero-order valence-electron chi connectivity index (χ0n) is 12.7. The zero-order chi connectivity index (χ0) is 15.1. The fourth-order valence-electron chi connectivity index (χ4n) is 3.06. The lowest BCUT2D eigenvalue weighted by atomic mass is 9.83. The van der Waals surface area contributed by atoms with Crippen LogP contribution in [0, 0.1) is 5.92 Å². The van der Waals surface area contributed by atoms with Crippen molar-refractivity contribution in [2.75, 3.05) is 13.2 Å². The summed E-state index contributed by atoms with van der Waals surface area (Å²) in [6.07, 6.45) is 5.86. The average Bonchev–Trinajstić information content (AvgIpc) is 2.52. The molecule has 0 heterocycles. The highest BCUT2D eigenvalue weighted by Gasteiger charge is 2.23. The van der Waals surface area contributed by atoms with Crippen molar-refractivity contribution in [3.8, 4) is 5.75 Å². The van der Waals surface area contributed by atoms with Crippen molar-refractivity contribution < 1.29 is 9.84 Å². The summed E-state index contributed by atoms with van der Waals surface area (Å²) in [6.45, 7) is 3.09. The van der Waals surface area contributed by atoms with Gasteiger partial charge in [-0.15, -0.1) is 0 Å². The molecule has 3 unspecified atom stereocenters. The summed E-state index contributed by atoms with van der Waals surface area (Å²) in [6, 6.07) is 7.88. The molecule has 0 saturated heterocycles. The number of rotatable bonds is 7. The van der Waals surface area contributed by atoms with Crippen LogP contribution in [0.4, 0.5) is 0 Å². The molecule has 0 aliphatic heterocycles. The molecule has 1 aliphatic rings. The Morgan fingerprint density at radius 1 is 1.33 bits per heavy atom. The Labute approximate surface area is 132 Å². The van der Waals surface area contributed by atoms with Crippen LogP contribution in [-0.2, 0) is 0 Å². The number of aliphatic hydroxyl groups is 1. The zero-order valence-corrected chi connectivity index (χ0v) is 13.5. The maximum atomic E-state index is 10.1. The molecule has 4 heteroatoms. The third-order valence-electron chi connectivity index (χ3n) is 4.32. The first-order valence-corrected chi connectivity index (χ1v) is 8.37. The number of aliphatic hydroxyl groups excluding tert-OH is 1. The predicted molar refractivity (Wildman–Crippen MR) is 87.0 cm³/mol. The average molecular weight is 312 g/mol. The molecule has 0 aromatic heterocycles. The lowest BCUT2D eigenvalue weighted by Crippen LogP contribution is -2.43. The molecule has 1 fully saturated rings. The summed E-state index contributed by atoms with van der Waals surface area (Å²) >= 11 is 6.02. The van der Waals surface area contributed by atoms with E-state index < -0.39 is 6.10 Å². The Morgan fingerprint density at radius 3 is 2.86 bits per heavy atom. The second-order valence-corrected chi connectivity index (χ2v) is 6.27. The molecule has 1 aromatic rings. The lowest BCUT2D eigenvalue weighted by molar-refractivity contribution is 0.0974. The van der Waals surface area contributed by atoms with E-state index in [1.165, 1.54) is 32.1 Å². The van der Waals surface area contributed by atoms with Gasteiger partial charge in [-0.25, -0.2) is 0 Å². The van der Waals surface area contributed by atoms with E-state index >= 15 is 0 Å². The Morgan fingerprint density at radius 2 is 2.10 bits per heavy atom. The second kappa shape index (κ2) is 8.62. The second-order valence-electron chi connectivity index (χ2n) is 5.86. The van der Waals surface area contributed by atoms with Crippen LogP contribution in [0.1, 0.15) is 39.0 Å². The molecule has 21 heavy (non-hydrogen) atoms. The van der Waals surface area contributed by atoms with Crippen molar-refractivity contribution in [1.29, 1.82) is 0 Å². The summed E-state index contributed by atoms with van der Waals surface area (Å²) < 4.78 is 5.57. The molecule has 1 saturated carbocycles. The van der Waals surface area contributed by atoms with Gasteiger partial charge in [0.1, 0.15) is 18.5 Å². The van der Waals surface area contributed by atoms with Gasteiger partial charge in [0.15, 0.2) is 0 Å².